The fourth-order valence-corrected chi connectivity index (χ4v) is 2.54. The third-order valence-electron chi connectivity index (χ3n) is 3.83. The molecule has 0 aromatic heterocycles. The van der Waals surface area contributed by atoms with Gasteiger partial charge in [0.05, 0.1) is 12.7 Å². The van der Waals surface area contributed by atoms with E-state index in [0.29, 0.717) is 6.10 Å². The van der Waals surface area contributed by atoms with Crippen molar-refractivity contribution in [2.45, 2.75) is 38.3 Å². The van der Waals surface area contributed by atoms with E-state index in [9.17, 15) is 0 Å². The Bertz CT molecular complexity index is 205. The SMILES string of the molecule is CC1CN(C(C)(CN)C2CC2)CCO1. The molecule has 2 rings (SSSR count). The zero-order chi connectivity index (χ0) is 10.2. The lowest BCUT2D eigenvalue weighted by Crippen LogP contribution is -2.58. The second-order valence-corrected chi connectivity index (χ2v) is 4.96. The Morgan fingerprint density at radius 3 is 2.71 bits per heavy atom. The summed E-state index contributed by atoms with van der Waals surface area (Å²) in [5, 5.41) is 0. The predicted molar refractivity (Wildman–Crippen MR) is 57.2 cm³/mol. The molecule has 0 aromatic rings. The smallest absolute Gasteiger partial charge is 0.0674 e. The Morgan fingerprint density at radius 1 is 1.50 bits per heavy atom. The maximum Gasteiger partial charge on any atom is 0.0674 e. The van der Waals surface area contributed by atoms with Crippen LogP contribution in [0.5, 0.6) is 0 Å². The average molecular weight is 198 g/mol. The molecule has 3 heteroatoms. The van der Waals surface area contributed by atoms with Gasteiger partial charge in [-0.2, -0.15) is 0 Å². The zero-order valence-electron chi connectivity index (χ0n) is 9.33. The Hall–Kier alpha value is -0.120. The summed E-state index contributed by atoms with van der Waals surface area (Å²) in [6.07, 6.45) is 3.09. The minimum Gasteiger partial charge on any atom is -0.376 e. The summed E-state index contributed by atoms with van der Waals surface area (Å²) in [6, 6.07) is 0. The molecule has 2 fully saturated rings. The molecule has 0 bridgehead atoms. The molecule has 2 atom stereocenters. The van der Waals surface area contributed by atoms with E-state index in [1.165, 1.54) is 12.8 Å². The highest BCUT2D eigenvalue weighted by Crippen LogP contribution is 2.42. The minimum absolute atomic E-state index is 0.234. The molecule has 2 N–H and O–H groups in total. The van der Waals surface area contributed by atoms with E-state index in [1.54, 1.807) is 0 Å². The highest BCUT2D eigenvalue weighted by atomic mass is 16.5. The molecule has 1 aliphatic heterocycles. The maximum absolute atomic E-state index is 5.94. The second-order valence-electron chi connectivity index (χ2n) is 4.96. The number of morpholine rings is 1. The van der Waals surface area contributed by atoms with Crippen molar-refractivity contribution in [1.29, 1.82) is 0 Å². The summed E-state index contributed by atoms with van der Waals surface area (Å²) in [7, 11) is 0. The number of rotatable bonds is 3. The van der Waals surface area contributed by atoms with Crippen LogP contribution in [-0.4, -0.2) is 42.8 Å². The molecule has 14 heavy (non-hydrogen) atoms. The van der Waals surface area contributed by atoms with Gasteiger partial charge in [-0.05, 0) is 32.6 Å². The van der Waals surface area contributed by atoms with E-state index in [2.05, 4.69) is 18.7 Å². The number of hydrogen-bond acceptors (Lipinski definition) is 3. The van der Waals surface area contributed by atoms with Crippen molar-refractivity contribution in [2.24, 2.45) is 11.7 Å². The van der Waals surface area contributed by atoms with E-state index in [1.807, 2.05) is 0 Å². The monoisotopic (exact) mass is 198 g/mol. The van der Waals surface area contributed by atoms with Crippen molar-refractivity contribution in [1.82, 2.24) is 4.90 Å². The summed E-state index contributed by atoms with van der Waals surface area (Å²) in [5.41, 5.74) is 6.18. The summed E-state index contributed by atoms with van der Waals surface area (Å²) < 4.78 is 5.57. The van der Waals surface area contributed by atoms with Crippen molar-refractivity contribution < 1.29 is 4.74 Å². The van der Waals surface area contributed by atoms with Gasteiger partial charge < -0.3 is 10.5 Å². The van der Waals surface area contributed by atoms with Crippen molar-refractivity contribution in [2.75, 3.05) is 26.2 Å². The third-order valence-corrected chi connectivity index (χ3v) is 3.83. The van der Waals surface area contributed by atoms with Crippen LogP contribution in [0.15, 0.2) is 0 Å². The Labute approximate surface area is 86.6 Å². The van der Waals surface area contributed by atoms with E-state index in [4.69, 9.17) is 10.5 Å². The fraction of sp³-hybridized carbons (Fsp3) is 1.00. The lowest BCUT2D eigenvalue weighted by atomic mass is 9.92. The fourth-order valence-electron chi connectivity index (χ4n) is 2.54. The quantitative estimate of drug-likeness (QED) is 0.730. The van der Waals surface area contributed by atoms with Gasteiger partial charge in [-0.25, -0.2) is 0 Å². The normalized spacial score (nSPS) is 34.1. The summed E-state index contributed by atoms with van der Waals surface area (Å²) in [4.78, 5) is 2.54. The molecule has 3 nitrogen and oxygen atoms in total. The number of nitrogens with two attached hydrogens (primary N) is 1. The van der Waals surface area contributed by atoms with Crippen LogP contribution < -0.4 is 5.73 Å². The molecular formula is C11H22N2O. The summed E-state index contributed by atoms with van der Waals surface area (Å²) in [6.45, 7) is 8.21. The molecule has 2 aliphatic rings. The Morgan fingerprint density at radius 2 is 2.21 bits per heavy atom. The van der Waals surface area contributed by atoms with E-state index in [0.717, 1.165) is 32.2 Å². The van der Waals surface area contributed by atoms with Crippen LogP contribution >= 0.6 is 0 Å². The van der Waals surface area contributed by atoms with Crippen LogP contribution in [0.4, 0.5) is 0 Å². The van der Waals surface area contributed by atoms with Crippen molar-refractivity contribution >= 4 is 0 Å². The highest BCUT2D eigenvalue weighted by molar-refractivity contribution is 5.01. The van der Waals surface area contributed by atoms with Gasteiger partial charge in [0.2, 0.25) is 0 Å². The molecule has 1 saturated heterocycles. The molecule has 0 spiro atoms. The first-order valence-corrected chi connectivity index (χ1v) is 5.73. The summed E-state index contributed by atoms with van der Waals surface area (Å²) in [5.74, 6) is 0.831. The van der Waals surface area contributed by atoms with Gasteiger partial charge in [0.15, 0.2) is 0 Å². The van der Waals surface area contributed by atoms with E-state index < -0.39 is 0 Å². The van der Waals surface area contributed by atoms with Gasteiger partial charge in [0.25, 0.3) is 0 Å². The van der Waals surface area contributed by atoms with Crippen molar-refractivity contribution in [3.05, 3.63) is 0 Å². The van der Waals surface area contributed by atoms with Crippen molar-refractivity contribution in [3.63, 3.8) is 0 Å². The molecule has 1 aliphatic carbocycles. The van der Waals surface area contributed by atoms with Gasteiger partial charge in [0.1, 0.15) is 0 Å². The minimum atomic E-state index is 0.234. The predicted octanol–water partition coefficient (Wildman–Crippen LogP) is 0.834. The highest BCUT2D eigenvalue weighted by Gasteiger charge is 2.45. The summed E-state index contributed by atoms with van der Waals surface area (Å²) >= 11 is 0. The molecule has 0 radical (unpaired) electrons. The first-order valence-electron chi connectivity index (χ1n) is 5.73. The first kappa shape index (κ1) is 10.4. The largest absolute Gasteiger partial charge is 0.376 e. The van der Waals surface area contributed by atoms with E-state index in [-0.39, 0.29) is 5.54 Å². The van der Waals surface area contributed by atoms with E-state index >= 15 is 0 Å². The molecule has 2 unspecified atom stereocenters. The number of ether oxygens (including phenoxy) is 1. The van der Waals surface area contributed by atoms with Crippen LogP contribution in [0, 0.1) is 5.92 Å². The lowest BCUT2D eigenvalue weighted by molar-refractivity contribution is -0.0618. The van der Waals surface area contributed by atoms with Crippen LogP contribution in [-0.2, 0) is 4.74 Å². The third kappa shape index (κ3) is 1.81. The van der Waals surface area contributed by atoms with Gasteiger partial charge in [0, 0.05) is 25.2 Å². The van der Waals surface area contributed by atoms with Crippen LogP contribution in [0.2, 0.25) is 0 Å². The number of hydrogen-bond donors (Lipinski definition) is 1. The molecule has 1 heterocycles. The standard InChI is InChI=1S/C11H22N2O/c1-9-7-13(5-6-14-9)11(2,8-12)10-3-4-10/h9-10H,3-8,12H2,1-2H3. The average Bonchev–Trinajstić information content (AvgIpc) is 3.00. The lowest BCUT2D eigenvalue weighted by Gasteiger charge is -2.45. The van der Waals surface area contributed by atoms with Gasteiger partial charge in [-0.3, -0.25) is 4.90 Å². The van der Waals surface area contributed by atoms with Gasteiger partial charge >= 0.3 is 0 Å². The van der Waals surface area contributed by atoms with Crippen molar-refractivity contribution in [3.8, 4) is 0 Å². The van der Waals surface area contributed by atoms with Crippen LogP contribution in [0.3, 0.4) is 0 Å². The van der Waals surface area contributed by atoms with Crippen LogP contribution in [0.25, 0.3) is 0 Å². The zero-order valence-corrected chi connectivity index (χ0v) is 9.33. The molecule has 0 amide bonds. The molecule has 1 saturated carbocycles. The van der Waals surface area contributed by atoms with Gasteiger partial charge in [-0.1, -0.05) is 0 Å². The Balaban J connectivity index is 2.02. The van der Waals surface area contributed by atoms with Gasteiger partial charge in [-0.15, -0.1) is 0 Å². The topological polar surface area (TPSA) is 38.5 Å². The molecule has 82 valence electrons. The molecule has 0 aromatic carbocycles. The maximum atomic E-state index is 5.94. The first-order chi connectivity index (χ1) is 6.66. The second kappa shape index (κ2) is 3.80. The number of nitrogens with zero attached hydrogens (tertiary/aromatic N) is 1. The van der Waals surface area contributed by atoms with Crippen LogP contribution in [0.1, 0.15) is 26.7 Å². The molecular weight excluding hydrogens is 176 g/mol. The Kier molecular flexibility index (Phi) is 2.82.